The van der Waals surface area contributed by atoms with Crippen LogP contribution in [0.25, 0.3) is 77.7 Å². The lowest BCUT2D eigenvalue weighted by atomic mass is 9.67. The monoisotopic (exact) mass is 754 g/mol. The topological polar surface area (TPSA) is 25.8 Å². The number of benzene rings is 9. The quantitative estimate of drug-likeness (QED) is 0.167. The van der Waals surface area contributed by atoms with Crippen LogP contribution in [0.1, 0.15) is 22.3 Å². The number of rotatable bonds is 4. The molecule has 1 spiro atoms. The second-order valence-corrected chi connectivity index (χ2v) is 16.4. The average Bonchev–Trinajstić information content (AvgIpc) is 3.59. The Balaban J connectivity index is 0.972. The molecule has 0 radical (unpaired) electrons. The predicted molar refractivity (Wildman–Crippen MR) is 240 cm³/mol. The van der Waals surface area contributed by atoms with Gasteiger partial charge in [0.15, 0.2) is 5.82 Å². The number of nitrogens with zero attached hydrogens (tertiary/aromatic N) is 2. The van der Waals surface area contributed by atoms with Crippen LogP contribution in [-0.2, 0) is 5.41 Å². The van der Waals surface area contributed by atoms with Crippen LogP contribution in [0.15, 0.2) is 216 Å². The van der Waals surface area contributed by atoms with Crippen molar-refractivity contribution in [3.63, 3.8) is 0 Å². The van der Waals surface area contributed by atoms with Gasteiger partial charge in [-0.05, 0) is 96.4 Å². The molecule has 1 aliphatic heterocycles. The summed E-state index contributed by atoms with van der Waals surface area (Å²) in [6.45, 7) is 0. The largest absolute Gasteiger partial charge is 0.228 e. The van der Waals surface area contributed by atoms with E-state index in [2.05, 4.69) is 200 Å². The van der Waals surface area contributed by atoms with E-state index in [1.54, 1.807) is 0 Å². The maximum atomic E-state index is 5.23. The first-order valence-corrected chi connectivity index (χ1v) is 20.6. The summed E-state index contributed by atoms with van der Waals surface area (Å²) >= 11 is 1.88. The van der Waals surface area contributed by atoms with Gasteiger partial charge in [0.05, 0.1) is 16.8 Å². The molecule has 0 N–H and O–H groups in total. The summed E-state index contributed by atoms with van der Waals surface area (Å²) in [5.74, 6) is 0.707. The second kappa shape index (κ2) is 13.0. The molecule has 2 aliphatic rings. The number of aromatic nitrogens is 2. The van der Waals surface area contributed by atoms with Crippen LogP contribution in [-0.4, -0.2) is 9.97 Å². The highest BCUT2D eigenvalue weighted by Gasteiger charge is 2.50. The number of fused-ring (bicyclic) bond motifs is 12. The maximum absolute atomic E-state index is 5.23. The van der Waals surface area contributed by atoms with E-state index in [4.69, 9.17) is 9.97 Å². The Hall–Kier alpha value is -7.07. The van der Waals surface area contributed by atoms with Crippen molar-refractivity contribution in [3.05, 3.63) is 229 Å². The molecule has 270 valence electrons. The molecule has 12 rings (SSSR count). The summed E-state index contributed by atoms with van der Waals surface area (Å²) < 4.78 is 0. The standard InChI is InChI=1S/C55H34N2S/c1-2-13-37(14-3-1)50-34-51(41-28-30-43-40(32-41)27-24-36-12-4-5-15-42(36)43)57-54(56-50)38-25-22-35(23-26-38)39-29-31-53-49(33-39)55(48-20-10-11-21-52(48)58-53)46-18-8-6-16-44(46)45-17-7-9-19-47(45)55/h1-34H. The van der Waals surface area contributed by atoms with Gasteiger partial charge in [0, 0.05) is 26.5 Å². The van der Waals surface area contributed by atoms with E-state index in [9.17, 15) is 0 Å². The van der Waals surface area contributed by atoms with Crippen molar-refractivity contribution in [1.29, 1.82) is 0 Å². The lowest BCUT2D eigenvalue weighted by molar-refractivity contribution is 0.723. The Morgan fingerprint density at radius 3 is 1.69 bits per heavy atom. The van der Waals surface area contributed by atoms with Gasteiger partial charge in [0.2, 0.25) is 0 Å². The molecule has 1 aromatic heterocycles. The van der Waals surface area contributed by atoms with Gasteiger partial charge in [-0.1, -0.05) is 188 Å². The van der Waals surface area contributed by atoms with Crippen molar-refractivity contribution in [2.75, 3.05) is 0 Å². The molecule has 0 bridgehead atoms. The lowest BCUT2D eigenvalue weighted by Crippen LogP contribution is -2.32. The molecule has 58 heavy (non-hydrogen) atoms. The Morgan fingerprint density at radius 1 is 0.328 bits per heavy atom. The van der Waals surface area contributed by atoms with Crippen LogP contribution < -0.4 is 0 Å². The van der Waals surface area contributed by atoms with Gasteiger partial charge in [-0.3, -0.25) is 0 Å². The van der Waals surface area contributed by atoms with Crippen LogP contribution in [0.2, 0.25) is 0 Å². The van der Waals surface area contributed by atoms with Gasteiger partial charge >= 0.3 is 0 Å². The molecule has 0 atom stereocenters. The Labute approximate surface area is 341 Å². The van der Waals surface area contributed by atoms with Crippen LogP contribution in [0, 0.1) is 0 Å². The third kappa shape index (κ3) is 5.00. The van der Waals surface area contributed by atoms with Gasteiger partial charge in [-0.2, -0.15) is 0 Å². The first-order valence-electron chi connectivity index (χ1n) is 19.8. The zero-order chi connectivity index (χ0) is 38.2. The normalized spacial score (nSPS) is 13.2. The summed E-state index contributed by atoms with van der Waals surface area (Å²) in [6, 6.07) is 75.0. The molecule has 2 nitrogen and oxygen atoms in total. The third-order valence-electron chi connectivity index (χ3n) is 12.2. The smallest absolute Gasteiger partial charge is 0.160 e. The third-order valence-corrected chi connectivity index (χ3v) is 13.3. The molecule has 0 amide bonds. The fraction of sp³-hybridized carbons (Fsp3) is 0.0182. The summed E-state index contributed by atoms with van der Waals surface area (Å²) in [7, 11) is 0. The first-order chi connectivity index (χ1) is 28.7. The van der Waals surface area contributed by atoms with Gasteiger partial charge in [0.1, 0.15) is 0 Å². The van der Waals surface area contributed by atoms with Crippen LogP contribution in [0.3, 0.4) is 0 Å². The van der Waals surface area contributed by atoms with Gasteiger partial charge in [-0.15, -0.1) is 0 Å². The zero-order valence-electron chi connectivity index (χ0n) is 31.4. The predicted octanol–water partition coefficient (Wildman–Crippen LogP) is 14.3. The highest BCUT2D eigenvalue weighted by atomic mass is 32.2. The van der Waals surface area contributed by atoms with E-state index in [-0.39, 0.29) is 0 Å². The Kier molecular flexibility index (Phi) is 7.41. The van der Waals surface area contributed by atoms with Gasteiger partial charge in [0.25, 0.3) is 0 Å². The van der Waals surface area contributed by atoms with Crippen molar-refractivity contribution in [2.45, 2.75) is 15.2 Å². The zero-order valence-corrected chi connectivity index (χ0v) is 32.2. The lowest BCUT2D eigenvalue weighted by Gasteiger charge is -2.40. The molecule has 10 aromatic rings. The number of hydrogen-bond donors (Lipinski definition) is 0. The van der Waals surface area contributed by atoms with E-state index in [1.165, 1.54) is 70.3 Å². The van der Waals surface area contributed by atoms with Crippen molar-refractivity contribution in [3.8, 4) is 56.2 Å². The molecule has 3 heteroatoms. The van der Waals surface area contributed by atoms with Crippen molar-refractivity contribution in [1.82, 2.24) is 9.97 Å². The van der Waals surface area contributed by atoms with Crippen molar-refractivity contribution in [2.24, 2.45) is 0 Å². The first kappa shape index (κ1) is 33.1. The minimum Gasteiger partial charge on any atom is -0.228 e. The molecule has 0 saturated carbocycles. The molecule has 1 aliphatic carbocycles. The summed E-state index contributed by atoms with van der Waals surface area (Å²) in [5.41, 5.74) is 14.9. The molecular weight excluding hydrogens is 721 g/mol. The molecule has 0 saturated heterocycles. The van der Waals surface area contributed by atoms with E-state index < -0.39 is 5.41 Å². The van der Waals surface area contributed by atoms with Crippen LogP contribution in [0.4, 0.5) is 0 Å². The van der Waals surface area contributed by atoms with Gasteiger partial charge < -0.3 is 0 Å². The van der Waals surface area contributed by atoms with Crippen LogP contribution in [0.5, 0.6) is 0 Å². The molecule has 0 unspecified atom stereocenters. The fourth-order valence-corrected chi connectivity index (χ4v) is 10.7. The average molecular weight is 755 g/mol. The molecular formula is C55H34N2S. The maximum Gasteiger partial charge on any atom is 0.160 e. The highest BCUT2D eigenvalue weighted by Crippen LogP contribution is 2.62. The van der Waals surface area contributed by atoms with Crippen LogP contribution >= 0.6 is 11.8 Å². The summed E-state index contributed by atoms with van der Waals surface area (Å²) in [4.78, 5) is 13.0. The second-order valence-electron chi connectivity index (χ2n) is 15.3. The fourth-order valence-electron chi connectivity index (χ4n) is 9.50. The molecule has 9 aromatic carbocycles. The summed E-state index contributed by atoms with van der Waals surface area (Å²) in [5, 5.41) is 4.94. The Morgan fingerprint density at radius 2 is 0.897 bits per heavy atom. The molecule has 2 heterocycles. The van der Waals surface area contributed by atoms with E-state index >= 15 is 0 Å². The Bertz CT molecular complexity index is 3210. The summed E-state index contributed by atoms with van der Waals surface area (Å²) in [6.07, 6.45) is 0. The van der Waals surface area contributed by atoms with E-state index in [1.807, 2.05) is 17.8 Å². The SMILES string of the molecule is c1ccc(-c2cc(-c3ccc4c(ccc5ccccc54)c3)nc(-c3ccc(-c4ccc5c(c4)C4(c6ccccc6S5)c5ccccc5-c5ccccc54)cc3)n2)cc1. The minimum atomic E-state index is -0.404. The molecule has 0 fully saturated rings. The minimum absolute atomic E-state index is 0.404. The van der Waals surface area contributed by atoms with E-state index in [0.29, 0.717) is 5.82 Å². The van der Waals surface area contributed by atoms with E-state index in [0.717, 1.165) is 33.6 Å². The van der Waals surface area contributed by atoms with Crippen molar-refractivity contribution >= 4 is 33.3 Å². The number of hydrogen-bond acceptors (Lipinski definition) is 3. The van der Waals surface area contributed by atoms with Crippen molar-refractivity contribution < 1.29 is 0 Å². The highest BCUT2D eigenvalue weighted by molar-refractivity contribution is 7.99. The van der Waals surface area contributed by atoms with Gasteiger partial charge in [-0.25, -0.2) is 9.97 Å².